The first-order valence-electron chi connectivity index (χ1n) is 6.16. The summed E-state index contributed by atoms with van der Waals surface area (Å²) < 4.78 is 10.8. The second kappa shape index (κ2) is 4.37. The Bertz CT molecular complexity index is 623. The molecule has 4 heteroatoms. The topological polar surface area (TPSA) is 59.7 Å². The smallest absolute Gasteiger partial charge is 0.336 e. The molecule has 1 aromatic heterocycles. The van der Waals surface area contributed by atoms with Crippen molar-refractivity contribution in [3.63, 3.8) is 0 Å². The summed E-state index contributed by atoms with van der Waals surface area (Å²) in [5.74, 6) is 0.479. The summed E-state index contributed by atoms with van der Waals surface area (Å²) in [6.07, 6.45) is 4.59. The molecule has 18 heavy (non-hydrogen) atoms. The summed E-state index contributed by atoms with van der Waals surface area (Å²) in [4.78, 5) is 11.1. The van der Waals surface area contributed by atoms with E-state index in [1.807, 2.05) is 0 Å². The van der Waals surface area contributed by atoms with Crippen LogP contribution in [0.4, 0.5) is 0 Å². The Morgan fingerprint density at radius 2 is 2.00 bits per heavy atom. The van der Waals surface area contributed by atoms with Crippen molar-refractivity contribution >= 4 is 11.0 Å². The highest BCUT2D eigenvalue weighted by Crippen LogP contribution is 2.34. The van der Waals surface area contributed by atoms with Gasteiger partial charge >= 0.3 is 5.63 Å². The minimum Gasteiger partial charge on any atom is -0.504 e. The number of phenolic OH excluding ortho intramolecular Hbond substituents is 1. The molecule has 0 saturated heterocycles. The highest BCUT2D eigenvalue weighted by Gasteiger charge is 2.18. The maximum atomic E-state index is 11.1. The van der Waals surface area contributed by atoms with Gasteiger partial charge in [0.15, 0.2) is 11.5 Å². The first kappa shape index (κ1) is 11.1. The maximum Gasteiger partial charge on any atom is 0.336 e. The van der Waals surface area contributed by atoms with Gasteiger partial charge in [-0.2, -0.15) is 0 Å². The highest BCUT2D eigenvalue weighted by atomic mass is 16.5. The summed E-state index contributed by atoms with van der Waals surface area (Å²) >= 11 is 0. The van der Waals surface area contributed by atoms with Crippen molar-refractivity contribution < 1.29 is 14.3 Å². The van der Waals surface area contributed by atoms with Crippen molar-refractivity contribution in [1.82, 2.24) is 0 Å². The quantitative estimate of drug-likeness (QED) is 0.828. The molecule has 0 amide bonds. The SMILES string of the molecule is O=c1ccc2cc(OC3CCCC3)c(O)cc2o1. The lowest BCUT2D eigenvalue weighted by molar-refractivity contribution is 0.202. The summed E-state index contributed by atoms with van der Waals surface area (Å²) in [6.45, 7) is 0. The molecule has 0 aliphatic heterocycles. The monoisotopic (exact) mass is 246 g/mol. The number of benzene rings is 1. The number of fused-ring (bicyclic) bond motifs is 1. The number of hydrogen-bond acceptors (Lipinski definition) is 4. The summed E-state index contributed by atoms with van der Waals surface area (Å²) in [5.41, 5.74) is -0.0508. The van der Waals surface area contributed by atoms with Crippen molar-refractivity contribution in [1.29, 1.82) is 0 Å². The Morgan fingerprint density at radius 3 is 2.78 bits per heavy atom. The molecule has 0 atom stereocenters. The molecular weight excluding hydrogens is 232 g/mol. The standard InChI is InChI=1S/C14H14O4/c15-11-8-12-9(5-6-14(16)18-12)7-13(11)17-10-3-1-2-4-10/h5-8,10,15H,1-4H2. The minimum atomic E-state index is -0.425. The van der Waals surface area contributed by atoms with Crippen molar-refractivity contribution in [3.8, 4) is 11.5 Å². The van der Waals surface area contributed by atoms with E-state index in [9.17, 15) is 9.90 Å². The van der Waals surface area contributed by atoms with E-state index in [-0.39, 0.29) is 11.9 Å². The Balaban J connectivity index is 1.98. The van der Waals surface area contributed by atoms with Gasteiger partial charge < -0.3 is 14.3 Å². The van der Waals surface area contributed by atoms with E-state index in [2.05, 4.69) is 0 Å². The number of ether oxygens (including phenoxy) is 1. The zero-order chi connectivity index (χ0) is 12.5. The first-order valence-corrected chi connectivity index (χ1v) is 6.16. The largest absolute Gasteiger partial charge is 0.504 e. The van der Waals surface area contributed by atoms with Gasteiger partial charge in [0.1, 0.15) is 5.58 Å². The van der Waals surface area contributed by atoms with Gasteiger partial charge in [-0.15, -0.1) is 0 Å². The van der Waals surface area contributed by atoms with E-state index in [1.54, 1.807) is 12.1 Å². The van der Waals surface area contributed by atoms with Crippen molar-refractivity contribution in [2.45, 2.75) is 31.8 Å². The van der Waals surface area contributed by atoms with Crippen LogP contribution in [0.5, 0.6) is 11.5 Å². The third kappa shape index (κ3) is 2.06. The van der Waals surface area contributed by atoms with Crippen LogP contribution in [-0.4, -0.2) is 11.2 Å². The molecule has 1 heterocycles. The van der Waals surface area contributed by atoms with Crippen molar-refractivity contribution in [2.24, 2.45) is 0 Å². The lowest BCUT2D eigenvalue weighted by atomic mass is 10.2. The average Bonchev–Trinajstić information content (AvgIpc) is 2.83. The second-order valence-corrected chi connectivity index (χ2v) is 4.64. The summed E-state index contributed by atoms with van der Waals surface area (Å²) in [6, 6.07) is 6.17. The Kier molecular flexibility index (Phi) is 2.70. The van der Waals surface area contributed by atoms with E-state index in [1.165, 1.54) is 25.0 Å². The van der Waals surface area contributed by atoms with Crippen LogP contribution in [0.3, 0.4) is 0 Å². The predicted molar refractivity (Wildman–Crippen MR) is 67.0 cm³/mol. The number of rotatable bonds is 2. The van der Waals surface area contributed by atoms with Crippen LogP contribution in [-0.2, 0) is 0 Å². The molecule has 4 nitrogen and oxygen atoms in total. The Morgan fingerprint density at radius 1 is 1.22 bits per heavy atom. The van der Waals surface area contributed by atoms with E-state index < -0.39 is 5.63 Å². The molecule has 0 radical (unpaired) electrons. The molecule has 0 unspecified atom stereocenters. The fourth-order valence-electron chi connectivity index (χ4n) is 2.36. The number of phenols is 1. The zero-order valence-electron chi connectivity index (χ0n) is 9.89. The normalized spacial score (nSPS) is 16.2. The van der Waals surface area contributed by atoms with Gasteiger partial charge in [0.2, 0.25) is 0 Å². The van der Waals surface area contributed by atoms with Gasteiger partial charge in [0.25, 0.3) is 0 Å². The molecule has 1 aliphatic carbocycles. The number of hydrogen-bond donors (Lipinski definition) is 1. The van der Waals surface area contributed by atoms with Crippen LogP contribution in [0.1, 0.15) is 25.7 Å². The van der Waals surface area contributed by atoms with Crippen LogP contribution in [0.15, 0.2) is 33.5 Å². The molecule has 94 valence electrons. The molecule has 0 bridgehead atoms. The van der Waals surface area contributed by atoms with Crippen molar-refractivity contribution in [2.75, 3.05) is 0 Å². The minimum absolute atomic E-state index is 0.0174. The van der Waals surface area contributed by atoms with Crippen LogP contribution >= 0.6 is 0 Å². The van der Waals surface area contributed by atoms with Crippen molar-refractivity contribution in [3.05, 3.63) is 34.7 Å². The van der Waals surface area contributed by atoms with Gasteiger partial charge in [-0.3, -0.25) is 0 Å². The van der Waals surface area contributed by atoms with Crippen LogP contribution in [0, 0.1) is 0 Å². The summed E-state index contributed by atoms with van der Waals surface area (Å²) in [5, 5.41) is 10.6. The van der Waals surface area contributed by atoms with Gasteiger partial charge in [0.05, 0.1) is 6.10 Å². The van der Waals surface area contributed by atoms with Crippen LogP contribution in [0.2, 0.25) is 0 Å². The fraction of sp³-hybridized carbons (Fsp3) is 0.357. The van der Waals surface area contributed by atoms with Gasteiger partial charge in [-0.25, -0.2) is 4.79 Å². The lowest BCUT2D eigenvalue weighted by Gasteiger charge is -2.14. The van der Waals surface area contributed by atoms with Crippen LogP contribution < -0.4 is 10.4 Å². The fourth-order valence-corrected chi connectivity index (χ4v) is 2.36. The highest BCUT2D eigenvalue weighted by molar-refractivity contribution is 5.80. The van der Waals surface area contributed by atoms with Crippen LogP contribution in [0.25, 0.3) is 11.0 Å². The maximum absolute atomic E-state index is 11.1. The summed E-state index contributed by atoms with van der Waals surface area (Å²) in [7, 11) is 0. The van der Waals surface area contributed by atoms with E-state index in [0.717, 1.165) is 18.2 Å². The molecule has 1 aliphatic rings. The first-order chi connectivity index (χ1) is 8.72. The Labute approximate surface area is 104 Å². The molecule has 2 aromatic rings. The zero-order valence-corrected chi connectivity index (χ0v) is 9.89. The van der Waals surface area contributed by atoms with E-state index in [4.69, 9.17) is 9.15 Å². The van der Waals surface area contributed by atoms with E-state index >= 15 is 0 Å². The Hall–Kier alpha value is -1.97. The predicted octanol–water partition coefficient (Wildman–Crippen LogP) is 2.82. The average molecular weight is 246 g/mol. The molecule has 1 N–H and O–H groups in total. The van der Waals surface area contributed by atoms with Gasteiger partial charge in [-0.05, 0) is 37.8 Å². The lowest BCUT2D eigenvalue weighted by Crippen LogP contribution is -2.10. The molecule has 0 spiro atoms. The molecule has 3 rings (SSSR count). The van der Waals surface area contributed by atoms with E-state index in [0.29, 0.717) is 11.3 Å². The third-order valence-electron chi connectivity index (χ3n) is 3.30. The van der Waals surface area contributed by atoms with Gasteiger partial charge in [-0.1, -0.05) is 0 Å². The van der Waals surface area contributed by atoms with Gasteiger partial charge in [0, 0.05) is 17.5 Å². The molecule has 1 saturated carbocycles. The molecular formula is C14H14O4. The molecule has 1 fully saturated rings. The third-order valence-corrected chi connectivity index (χ3v) is 3.30. The number of aromatic hydroxyl groups is 1. The second-order valence-electron chi connectivity index (χ2n) is 4.64. The molecule has 1 aromatic carbocycles.